The molecule has 0 saturated carbocycles. The first-order valence-electron chi connectivity index (χ1n) is 6.33. The van der Waals surface area contributed by atoms with E-state index in [2.05, 4.69) is 26.6 Å². The lowest BCUT2D eigenvalue weighted by atomic mass is 10.1. The van der Waals surface area contributed by atoms with E-state index in [-0.39, 0.29) is 11.9 Å². The van der Waals surface area contributed by atoms with E-state index in [1.165, 1.54) is 12.1 Å². The second kappa shape index (κ2) is 6.58. The van der Waals surface area contributed by atoms with Gasteiger partial charge in [-0.15, -0.1) is 0 Å². The molecular formula is C15H15BrFN3O. The Morgan fingerprint density at radius 3 is 2.62 bits per heavy atom. The zero-order valence-corrected chi connectivity index (χ0v) is 12.9. The number of benzene rings is 2. The fourth-order valence-electron chi connectivity index (χ4n) is 2.01. The largest absolute Gasteiger partial charge is 0.378 e. The number of carbonyl (C=O) groups excluding carboxylic acids is 1. The number of amides is 2. The van der Waals surface area contributed by atoms with Crippen molar-refractivity contribution in [2.45, 2.75) is 13.0 Å². The van der Waals surface area contributed by atoms with Gasteiger partial charge in [0.05, 0.1) is 0 Å². The summed E-state index contributed by atoms with van der Waals surface area (Å²) in [6.45, 7) is 1.96. The lowest BCUT2D eigenvalue weighted by molar-refractivity contribution is 0.259. The highest BCUT2D eigenvalue weighted by Gasteiger charge is 2.10. The van der Waals surface area contributed by atoms with E-state index in [1.54, 1.807) is 24.3 Å². The van der Waals surface area contributed by atoms with Crippen LogP contribution in [-0.2, 0) is 0 Å². The predicted molar refractivity (Wildman–Crippen MR) is 85.8 cm³/mol. The van der Waals surface area contributed by atoms with Crippen molar-refractivity contribution in [2.24, 2.45) is 5.73 Å². The van der Waals surface area contributed by atoms with Crippen LogP contribution in [0.5, 0.6) is 0 Å². The van der Waals surface area contributed by atoms with Crippen LogP contribution in [-0.4, -0.2) is 6.03 Å². The standard InChI is InChI=1S/C15H15BrFN3O/c1-9(13-6-5-10(17)7-14(13)16)19-11-3-2-4-12(8-11)20-15(18)21/h2-9,19H,1H3,(H3,18,20,21). The van der Waals surface area contributed by atoms with Crippen molar-refractivity contribution >= 4 is 33.3 Å². The van der Waals surface area contributed by atoms with Gasteiger partial charge in [0, 0.05) is 21.9 Å². The molecule has 4 nitrogen and oxygen atoms in total. The van der Waals surface area contributed by atoms with Gasteiger partial charge in [-0.25, -0.2) is 9.18 Å². The number of hydrogen-bond acceptors (Lipinski definition) is 2. The molecule has 2 aromatic carbocycles. The van der Waals surface area contributed by atoms with E-state index in [0.29, 0.717) is 10.2 Å². The van der Waals surface area contributed by atoms with E-state index >= 15 is 0 Å². The van der Waals surface area contributed by atoms with Crippen molar-refractivity contribution in [3.8, 4) is 0 Å². The third-order valence-corrected chi connectivity index (χ3v) is 3.63. The second-order valence-electron chi connectivity index (χ2n) is 4.60. The fourth-order valence-corrected chi connectivity index (χ4v) is 2.70. The Balaban J connectivity index is 2.15. The average Bonchev–Trinajstić information content (AvgIpc) is 2.37. The molecule has 2 aromatic rings. The number of nitrogens with two attached hydrogens (primary N) is 1. The maximum absolute atomic E-state index is 13.1. The van der Waals surface area contributed by atoms with E-state index in [1.807, 2.05) is 13.0 Å². The van der Waals surface area contributed by atoms with Gasteiger partial charge in [0.2, 0.25) is 0 Å². The van der Waals surface area contributed by atoms with E-state index < -0.39 is 6.03 Å². The molecule has 0 fully saturated rings. The summed E-state index contributed by atoms with van der Waals surface area (Å²) in [6, 6.07) is 11.1. The SMILES string of the molecule is CC(Nc1cccc(NC(N)=O)c1)c1ccc(F)cc1Br. The summed E-state index contributed by atoms with van der Waals surface area (Å²) in [5.41, 5.74) is 7.46. The lowest BCUT2D eigenvalue weighted by Gasteiger charge is -2.18. The van der Waals surface area contributed by atoms with Crippen LogP contribution >= 0.6 is 15.9 Å². The average molecular weight is 352 g/mol. The van der Waals surface area contributed by atoms with Crippen LogP contribution in [0.3, 0.4) is 0 Å². The maximum Gasteiger partial charge on any atom is 0.316 e. The number of halogens is 2. The first-order chi connectivity index (χ1) is 9.95. The summed E-state index contributed by atoms with van der Waals surface area (Å²) >= 11 is 3.35. The number of nitrogens with one attached hydrogen (secondary N) is 2. The third kappa shape index (κ3) is 4.19. The Morgan fingerprint density at radius 2 is 1.95 bits per heavy atom. The molecule has 4 N–H and O–H groups in total. The van der Waals surface area contributed by atoms with Crippen LogP contribution in [0.2, 0.25) is 0 Å². The molecular weight excluding hydrogens is 337 g/mol. The Kier molecular flexibility index (Phi) is 4.80. The summed E-state index contributed by atoms with van der Waals surface area (Å²) < 4.78 is 13.8. The van der Waals surface area contributed by atoms with Crippen molar-refractivity contribution in [1.29, 1.82) is 0 Å². The minimum absolute atomic E-state index is 0.0381. The molecule has 0 aliphatic rings. The summed E-state index contributed by atoms with van der Waals surface area (Å²) in [4.78, 5) is 10.8. The first kappa shape index (κ1) is 15.3. The summed E-state index contributed by atoms with van der Waals surface area (Å²) in [7, 11) is 0. The normalized spacial score (nSPS) is 11.8. The van der Waals surface area contributed by atoms with Gasteiger partial charge in [0.15, 0.2) is 0 Å². The van der Waals surface area contributed by atoms with Crippen LogP contribution < -0.4 is 16.4 Å². The van der Waals surface area contributed by atoms with Gasteiger partial charge in [-0.05, 0) is 42.8 Å². The molecule has 110 valence electrons. The fraction of sp³-hybridized carbons (Fsp3) is 0.133. The van der Waals surface area contributed by atoms with Gasteiger partial charge >= 0.3 is 6.03 Å². The molecule has 0 saturated heterocycles. The minimum Gasteiger partial charge on any atom is -0.378 e. The highest BCUT2D eigenvalue weighted by atomic mass is 79.9. The van der Waals surface area contributed by atoms with Gasteiger partial charge in [-0.1, -0.05) is 28.1 Å². The van der Waals surface area contributed by atoms with Gasteiger partial charge in [-0.3, -0.25) is 0 Å². The molecule has 0 radical (unpaired) electrons. The molecule has 0 aliphatic carbocycles. The van der Waals surface area contributed by atoms with E-state index in [0.717, 1.165) is 11.3 Å². The van der Waals surface area contributed by atoms with E-state index in [9.17, 15) is 9.18 Å². The summed E-state index contributed by atoms with van der Waals surface area (Å²) in [5.74, 6) is -0.287. The van der Waals surface area contributed by atoms with Crippen molar-refractivity contribution < 1.29 is 9.18 Å². The number of urea groups is 1. The van der Waals surface area contributed by atoms with Crippen LogP contribution in [0.1, 0.15) is 18.5 Å². The lowest BCUT2D eigenvalue weighted by Crippen LogP contribution is -2.19. The zero-order chi connectivity index (χ0) is 15.4. The van der Waals surface area contributed by atoms with Crippen molar-refractivity contribution in [3.05, 3.63) is 58.3 Å². The topological polar surface area (TPSA) is 67.2 Å². The molecule has 0 aromatic heterocycles. The Morgan fingerprint density at radius 1 is 1.24 bits per heavy atom. The number of carbonyl (C=O) groups is 1. The van der Waals surface area contributed by atoms with Gasteiger partial charge in [0.25, 0.3) is 0 Å². The maximum atomic E-state index is 13.1. The molecule has 0 aliphatic heterocycles. The summed E-state index contributed by atoms with van der Waals surface area (Å²) in [6.07, 6.45) is 0. The second-order valence-corrected chi connectivity index (χ2v) is 5.46. The molecule has 2 amide bonds. The molecule has 6 heteroatoms. The molecule has 1 unspecified atom stereocenters. The zero-order valence-electron chi connectivity index (χ0n) is 11.4. The molecule has 21 heavy (non-hydrogen) atoms. The molecule has 0 heterocycles. The molecule has 1 atom stereocenters. The molecule has 0 bridgehead atoms. The van der Waals surface area contributed by atoms with E-state index in [4.69, 9.17) is 5.73 Å². The highest BCUT2D eigenvalue weighted by Crippen LogP contribution is 2.27. The van der Waals surface area contributed by atoms with Gasteiger partial charge in [0.1, 0.15) is 5.82 Å². The minimum atomic E-state index is -0.610. The quantitative estimate of drug-likeness (QED) is 0.770. The first-order valence-corrected chi connectivity index (χ1v) is 7.13. The monoisotopic (exact) mass is 351 g/mol. The molecule has 0 spiro atoms. The van der Waals surface area contributed by atoms with Gasteiger partial charge < -0.3 is 16.4 Å². The summed E-state index contributed by atoms with van der Waals surface area (Å²) in [5, 5.41) is 5.80. The smallest absolute Gasteiger partial charge is 0.316 e. The number of primary amides is 1. The Hall–Kier alpha value is -2.08. The Bertz CT molecular complexity index is 663. The van der Waals surface area contributed by atoms with Crippen LogP contribution in [0.4, 0.5) is 20.6 Å². The number of anilines is 2. The predicted octanol–water partition coefficient (Wildman–Crippen LogP) is 4.25. The number of rotatable bonds is 4. The van der Waals surface area contributed by atoms with Crippen molar-refractivity contribution in [1.82, 2.24) is 0 Å². The molecule has 2 rings (SSSR count). The van der Waals surface area contributed by atoms with Gasteiger partial charge in [-0.2, -0.15) is 0 Å². The van der Waals surface area contributed by atoms with Crippen LogP contribution in [0, 0.1) is 5.82 Å². The van der Waals surface area contributed by atoms with Crippen LogP contribution in [0.15, 0.2) is 46.9 Å². The van der Waals surface area contributed by atoms with Crippen molar-refractivity contribution in [3.63, 3.8) is 0 Å². The highest BCUT2D eigenvalue weighted by molar-refractivity contribution is 9.10. The Labute approximate surface area is 130 Å². The van der Waals surface area contributed by atoms with Crippen LogP contribution in [0.25, 0.3) is 0 Å². The van der Waals surface area contributed by atoms with Crippen molar-refractivity contribution in [2.75, 3.05) is 10.6 Å². The number of hydrogen-bond donors (Lipinski definition) is 3. The third-order valence-electron chi connectivity index (χ3n) is 2.94.